The van der Waals surface area contributed by atoms with Crippen molar-refractivity contribution in [2.75, 3.05) is 0 Å². The first-order chi connectivity index (χ1) is 8.60. The molecule has 3 nitrogen and oxygen atoms in total. The minimum atomic E-state index is 0.631. The minimum absolute atomic E-state index is 0.631. The van der Waals surface area contributed by atoms with Crippen LogP contribution in [0.2, 0.25) is 0 Å². The second kappa shape index (κ2) is 5.58. The fourth-order valence-corrected chi connectivity index (χ4v) is 3.06. The van der Waals surface area contributed by atoms with Crippen LogP contribution in [0.15, 0.2) is 12.3 Å². The molecule has 0 amide bonds. The summed E-state index contributed by atoms with van der Waals surface area (Å²) < 4.78 is 1.89. The Morgan fingerprint density at radius 1 is 1.44 bits per heavy atom. The zero-order valence-corrected chi connectivity index (χ0v) is 11.6. The molecule has 0 saturated heterocycles. The molecule has 1 aliphatic carbocycles. The molecule has 0 spiro atoms. The van der Waals surface area contributed by atoms with Gasteiger partial charge >= 0.3 is 0 Å². The topological polar surface area (TPSA) is 40.8 Å². The van der Waals surface area contributed by atoms with E-state index in [0.717, 1.165) is 24.1 Å². The lowest BCUT2D eigenvalue weighted by Crippen LogP contribution is -2.38. The highest BCUT2D eigenvalue weighted by Crippen LogP contribution is 2.28. The largest absolute Gasteiger partial charge is 0.342 e. The smallest absolute Gasteiger partial charge is 0.120 e. The van der Waals surface area contributed by atoms with Crippen LogP contribution in [0.4, 0.5) is 0 Å². The maximum absolute atomic E-state index is 8.93. The Labute approximate surface area is 110 Å². The van der Waals surface area contributed by atoms with Crippen LogP contribution in [0.1, 0.15) is 44.4 Å². The number of hydrogen-bond donors (Lipinski definition) is 1. The Morgan fingerprint density at radius 3 is 2.83 bits per heavy atom. The minimum Gasteiger partial charge on any atom is -0.342 e. The Morgan fingerprint density at radius 2 is 2.22 bits per heavy atom. The number of nitrogens with zero attached hydrogens (tertiary/aromatic N) is 2. The zero-order valence-electron chi connectivity index (χ0n) is 11.6. The first kappa shape index (κ1) is 13.2. The Bertz CT molecular complexity index is 441. The number of aryl methyl sites for hydroxylation is 1. The van der Waals surface area contributed by atoms with Crippen molar-refractivity contribution in [2.45, 2.75) is 45.7 Å². The van der Waals surface area contributed by atoms with Gasteiger partial charge in [0.2, 0.25) is 0 Å². The molecule has 98 valence electrons. The summed E-state index contributed by atoms with van der Waals surface area (Å²) in [6, 6.07) is 4.81. The van der Waals surface area contributed by atoms with Crippen molar-refractivity contribution in [3.8, 4) is 6.07 Å². The molecule has 1 aromatic heterocycles. The second-order valence-corrected chi connectivity index (χ2v) is 5.84. The molecule has 1 N–H and O–H groups in total. The average molecular weight is 245 g/mol. The summed E-state index contributed by atoms with van der Waals surface area (Å²) in [5, 5.41) is 12.6. The van der Waals surface area contributed by atoms with Crippen molar-refractivity contribution < 1.29 is 0 Å². The van der Waals surface area contributed by atoms with Gasteiger partial charge in [-0.05, 0) is 42.7 Å². The Balaban J connectivity index is 1.89. The van der Waals surface area contributed by atoms with Crippen LogP contribution in [0, 0.1) is 23.2 Å². The van der Waals surface area contributed by atoms with Crippen LogP contribution >= 0.6 is 0 Å². The third-order valence-electron chi connectivity index (χ3n) is 4.18. The van der Waals surface area contributed by atoms with E-state index >= 15 is 0 Å². The lowest BCUT2D eigenvalue weighted by molar-refractivity contribution is 0.227. The van der Waals surface area contributed by atoms with Crippen LogP contribution in [0.5, 0.6) is 0 Å². The predicted molar refractivity (Wildman–Crippen MR) is 72.9 cm³/mol. The summed E-state index contributed by atoms with van der Waals surface area (Å²) in [5.41, 5.74) is 1.94. The van der Waals surface area contributed by atoms with Gasteiger partial charge in [0, 0.05) is 25.8 Å². The van der Waals surface area contributed by atoms with Crippen molar-refractivity contribution in [1.82, 2.24) is 9.88 Å². The summed E-state index contributed by atoms with van der Waals surface area (Å²) in [7, 11) is 1.92. The van der Waals surface area contributed by atoms with E-state index in [-0.39, 0.29) is 0 Å². The molecule has 3 unspecified atom stereocenters. The fourth-order valence-electron chi connectivity index (χ4n) is 3.06. The molecule has 1 aliphatic rings. The van der Waals surface area contributed by atoms with E-state index in [1.54, 1.807) is 0 Å². The maximum Gasteiger partial charge on any atom is 0.120 e. The van der Waals surface area contributed by atoms with Crippen LogP contribution < -0.4 is 5.32 Å². The van der Waals surface area contributed by atoms with Gasteiger partial charge in [-0.1, -0.05) is 13.8 Å². The molecule has 18 heavy (non-hydrogen) atoms. The van der Waals surface area contributed by atoms with Gasteiger partial charge in [-0.3, -0.25) is 0 Å². The Kier molecular flexibility index (Phi) is 4.08. The van der Waals surface area contributed by atoms with E-state index in [4.69, 9.17) is 5.26 Å². The number of aromatic nitrogens is 1. The molecule has 1 aromatic rings. The summed E-state index contributed by atoms with van der Waals surface area (Å²) in [6.07, 6.45) is 5.98. The van der Waals surface area contributed by atoms with E-state index in [2.05, 4.69) is 25.2 Å². The molecule has 0 aromatic carbocycles. The fraction of sp³-hybridized carbons (Fsp3) is 0.667. The molecule has 1 fully saturated rings. The SMILES string of the molecule is CC1CCC(NCc2cc(C#N)n(C)c2)C(C)C1. The van der Waals surface area contributed by atoms with Crippen molar-refractivity contribution >= 4 is 0 Å². The average Bonchev–Trinajstić information content (AvgIpc) is 2.69. The molecule has 0 radical (unpaired) electrons. The molecule has 1 heterocycles. The second-order valence-electron chi connectivity index (χ2n) is 5.84. The van der Waals surface area contributed by atoms with Crippen molar-refractivity contribution in [3.63, 3.8) is 0 Å². The highest BCUT2D eigenvalue weighted by molar-refractivity contribution is 5.28. The van der Waals surface area contributed by atoms with Crippen LogP contribution in [-0.4, -0.2) is 10.6 Å². The molecular weight excluding hydrogens is 222 g/mol. The quantitative estimate of drug-likeness (QED) is 0.889. The summed E-state index contributed by atoms with van der Waals surface area (Å²) in [5.74, 6) is 1.63. The molecule has 1 saturated carbocycles. The molecule has 3 atom stereocenters. The standard InChI is InChI=1S/C15H23N3/c1-11-4-5-15(12(2)6-11)17-9-13-7-14(8-16)18(3)10-13/h7,10-12,15,17H,4-6,9H2,1-3H3. The first-order valence-corrected chi connectivity index (χ1v) is 6.89. The van der Waals surface area contributed by atoms with E-state index < -0.39 is 0 Å². The monoisotopic (exact) mass is 245 g/mol. The van der Waals surface area contributed by atoms with E-state index in [1.165, 1.54) is 24.8 Å². The van der Waals surface area contributed by atoms with Crippen molar-refractivity contribution in [3.05, 3.63) is 23.5 Å². The normalized spacial score (nSPS) is 28.0. The van der Waals surface area contributed by atoms with Crippen LogP contribution in [-0.2, 0) is 13.6 Å². The summed E-state index contributed by atoms with van der Waals surface area (Å²) in [4.78, 5) is 0. The van der Waals surface area contributed by atoms with Gasteiger partial charge in [-0.2, -0.15) is 5.26 Å². The first-order valence-electron chi connectivity index (χ1n) is 6.89. The molecule has 3 heteroatoms. The summed E-state index contributed by atoms with van der Waals surface area (Å²) in [6.45, 7) is 5.57. The van der Waals surface area contributed by atoms with Crippen molar-refractivity contribution in [1.29, 1.82) is 5.26 Å². The third-order valence-corrected chi connectivity index (χ3v) is 4.18. The highest BCUT2D eigenvalue weighted by Gasteiger charge is 2.24. The van der Waals surface area contributed by atoms with Gasteiger partial charge in [0.05, 0.1) is 0 Å². The van der Waals surface area contributed by atoms with Gasteiger partial charge in [0.25, 0.3) is 0 Å². The highest BCUT2D eigenvalue weighted by atomic mass is 15.0. The van der Waals surface area contributed by atoms with E-state index in [9.17, 15) is 0 Å². The zero-order chi connectivity index (χ0) is 13.1. The Hall–Kier alpha value is -1.27. The summed E-state index contributed by atoms with van der Waals surface area (Å²) >= 11 is 0. The lowest BCUT2D eigenvalue weighted by Gasteiger charge is -2.33. The van der Waals surface area contributed by atoms with Gasteiger partial charge in [0.1, 0.15) is 11.8 Å². The number of rotatable bonds is 3. The molecule has 0 bridgehead atoms. The number of nitriles is 1. The van der Waals surface area contributed by atoms with E-state index in [1.807, 2.05) is 23.9 Å². The van der Waals surface area contributed by atoms with Gasteiger partial charge in [-0.15, -0.1) is 0 Å². The molecular formula is C15H23N3. The van der Waals surface area contributed by atoms with Crippen molar-refractivity contribution in [2.24, 2.45) is 18.9 Å². The molecule has 2 rings (SSSR count). The predicted octanol–water partition coefficient (Wildman–Crippen LogP) is 2.81. The van der Waals surface area contributed by atoms with Gasteiger partial charge in [-0.25, -0.2) is 0 Å². The van der Waals surface area contributed by atoms with E-state index in [0.29, 0.717) is 6.04 Å². The maximum atomic E-state index is 8.93. The van der Waals surface area contributed by atoms with Gasteiger partial charge in [0.15, 0.2) is 0 Å². The van der Waals surface area contributed by atoms with Crippen LogP contribution in [0.3, 0.4) is 0 Å². The number of hydrogen-bond acceptors (Lipinski definition) is 2. The lowest BCUT2D eigenvalue weighted by atomic mass is 9.80. The van der Waals surface area contributed by atoms with Gasteiger partial charge < -0.3 is 9.88 Å². The third kappa shape index (κ3) is 2.94. The van der Waals surface area contributed by atoms with Crippen LogP contribution in [0.25, 0.3) is 0 Å². The number of nitrogens with one attached hydrogen (secondary N) is 1. The molecule has 0 aliphatic heterocycles.